The molecule has 0 aliphatic carbocycles. The highest BCUT2D eigenvalue weighted by atomic mass is 31.2. The number of unbranched alkanes of at least 4 members (excludes halogenated alkanes) is 41. The van der Waals surface area contributed by atoms with Gasteiger partial charge in [-0.25, -0.2) is 9.13 Å². The van der Waals surface area contributed by atoms with E-state index in [1.54, 1.807) is 0 Å². The monoisotopic (exact) mass is 1400 g/mol. The number of carbonyl (C=O) groups is 4. The summed E-state index contributed by atoms with van der Waals surface area (Å²) in [6, 6.07) is 0. The number of aliphatic hydroxyl groups is 1. The summed E-state index contributed by atoms with van der Waals surface area (Å²) in [5.41, 5.74) is 0. The molecule has 0 amide bonds. The first kappa shape index (κ1) is 93.1. The zero-order valence-electron chi connectivity index (χ0n) is 62.1. The maximum atomic E-state index is 13.1. The number of ether oxygens (including phenoxy) is 4. The number of carbonyl (C=O) groups excluding carboxylic acids is 4. The molecule has 0 heterocycles. The molecule has 17 nitrogen and oxygen atoms in total. The van der Waals surface area contributed by atoms with E-state index in [-0.39, 0.29) is 25.7 Å². The molecule has 0 spiro atoms. The molecule has 0 rings (SSSR count). The Morgan fingerprint density at radius 2 is 0.537 bits per heavy atom. The van der Waals surface area contributed by atoms with Crippen molar-refractivity contribution in [3.8, 4) is 0 Å². The minimum atomic E-state index is -4.96. The number of rotatable bonds is 74. The van der Waals surface area contributed by atoms with E-state index < -0.39 is 97.5 Å². The largest absolute Gasteiger partial charge is 0.472 e. The van der Waals surface area contributed by atoms with Crippen LogP contribution < -0.4 is 0 Å². The highest BCUT2D eigenvalue weighted by molar-refractivity contribution is 7.47. The SMILES string of the molecule is CCCCCCCCCCCCCCCCC(=O)O[C@H](COC(=O)CCCCCCCCC(C)CC)COP(=O)(O)OC[C@H](O)COP(=O)(O)OC[C@@H](COC(=O)CCCCCCCCCCCCCC(C)C)OC(=O)CCCCCCCCCCCCCCCCC(C)C. The Morgan fingerprint density at radius 1 is 0.305 bits per heavy atom. The van der Waals surface area contributed by atoms with Crippen molar-refractivity contribution in [1.82, 2.24) is 0 Å². The van der Waals surface area contributed by atoms with E-state index in [4.69, 9.17) is 37.0 Å². The summed E-state index contributed by atoms with van der Waals surface area (Å²) < 4.78 is 68.5. The van der Waals surface area contributed by atoms with Crippen molar-refractivity contribution in [1.29, 1.82) is 0 Å². The lowest BCUT2D eigenvalue weighted by Gasteiger charge is -2.21. The number of esters is 4. The lowest BCUT2D eigenvalue weighted by molar-refractivity contribution is -0.161. The molecule has 0 saturated carbocycles. The summed E-state index contributed by atoms with van der Waals surface area (Å²) in [5.74, 6) is 0.180. The fourth-order valence-corrected chi connectivity index (χ4v) is 13.1. The summed E-state index contributed by atoms with van der Waals surface area (Å²) in [4.78, 5) is 72.8. The summed E-state index contributed by atoms with van der Waals surface area (Å²) in [5, 5.41) is 10.6. The Kier molecular flexibility index (Phi) is 65.2. The van der Waals surface area contributed by atoms with E-state index in [9.17, 15) is 43.2 Å². The third kappa shape index (κ3) is 69.0. The van der Waals surface area contributed by atoms with E-state index in [0.29, 0.717) is 25.7 Å². The number of phosphoric acid groups is 2. The quantitative estimate of drug-likeness (QED) is 0.0222. The van der Waals surface area contributed by atoms with Gasteiger partial charge in [0.05, 0.1) is 26.4 Å². The molecule has 0 aromatic rings. The van der Waals surface area contributed by atoms with E-state index in [2.05, 4.69) is 48.5 Å². The zero-order valence-corrected chi connectivity index (χ0v) is 63.9. The van der Waals surface area contributed by atoms with Gasteiger partial charge in [-0.3, -0.25) is 37.3 Å². The van der Waals surface area contributed by atoms with E-state index in [0.717, 1.165) is 114 Å². The zero-order chi connectivity index (χ0) is 70.1. The van der Waals surface area contributed by atoms with Crippen molar-refractivity contribution >= 4 is 39.5 Å². The number of phosphoric ester groups is 2. The van der Waals surface area contributed by atoms with Gasteiger partial charge in [0.2, 0.25) is 0 Å². The first-order valence-electron chi connectivity index (χ1n) is 39.4. The van der Waals surface area contributed by atoms with Crippen LogP contribution in [0.3, 0.4) is 0 Å². The van der Waals surface area contributed by atoms with Crippen LogP contribution in [0.1, 0.15) is 389 Å². The lowest BCUT2D eigenvalue weighted by atomic mass is 10.00. The Morgan fingerprint density at radius 3 is 0.800 bits per heavy atom. The third-order valence-corrected chi connectivity index (χ3v) is 19.9. The van der Waals surface area contributed by atoms with E-state index >= 15 is 0 Å². The molecule has 0 aliphatic rings. The van der Waals surface area contributed by atoms with Crippen LogP contribution in [-0.2, 0) is 65.4 Å². The van der Waals surface area contributed by atoms with Gasteiger partial charge in [-0.05, 0) is 43.4 Å². The van der Waals surface area contributed by atoms with Crippen LogP contribution in [-0.4, -0.2) is 96.7 Å². The number of hydrogen-bond donors (Lipinski definition) is 3. The lowest BCUT2D eigenvalue weighted by Crippen LogP contribution is -2.30. The predicted molar refractivity (Wildman–Crippen MR) is 386 cm³/mol. The molecule has 3 unspecified atom stereocenters. The van der Waals surface area contributed by atoms with Gasteiger partial charge >= 0.3 is 39.5 Å². The Hall–Kier alpha value is -1.94. The van der Waals surface area contributed by atoms with Crippen LogP contribution in [0.5, 0.6) is 0 Å². The Bertz CT molecular complexity index is 1850. The number of aliphatic hydroxyl groups excluding tert-OH is 1. The second kappa shape index (κ2) is 66.6. The molecule has 0 aromatic heterocycles. The average molecular weight is 1400 g/mol. The fourth-order valence-electron chi connectivity index (χ4n) is 11.6. The molecule has 0 aromatic carbocycles. The van der Waals surface area contributed by atoms with Crippen LogP contribution in [0, 0.1) is 17.8 Å². The normalized spacial score (nSPS) is 14.4. The van der Waals surface area contributed by atoms with Gasteiger partial charge in [-0.15, -0.1) is 0 Å². The second-order valence-electron chi connectivity index (χ2n) is 28.6. The minimum absolute atomic E-state index is 0.107. The van der Waals surface area contributed by atoms with Crippen molar-refractivity contribution in [2.75, 3.05) is 39.6 Å². The van der Waals surface area contributed by atoms with Crippen LogP contribution >= 0.6 is 15.6 Å². The molecule has 0 radical (unpaired) electrons. The van der Waals surface area contributed by atoms with E-state index in [1.807, 2.05) is 0 Å². The Labute approximate surface area is 581 Å². The van der Waals surface area contributed by atoms with Crippen LogP contribution in [0.2, 0.25) is 0 Å². The van der Waals surface area contributed by atoms with Gasteiger partial charge in [0, 0.05) is 25.7 Å². The van der Waals surface area contributed by atoms with Crippen molar-refractivity contribution in [3.05, 3.63) is 0 Å². The molecule has 3 N–H and O–H groups in total. The average Bonchev–Trinajstić information content (AvgIpc) is 2.11. The molecule has 0 bridgehead atoms. The molecule has 0 fully saturated rings. The molecule has 6 atom stereocenters. The van der Waals surface area contributed by atoms with Crippen molar-refractivity contribution in [3.63, 3.8) is 0 Å². The topological polar surface area (TPSA) is 237 Å². The highest BCUT2D eigenvalue weighted by Gasteiger charge is 2.30. The predicted octanol–water partition coefficient (Wildman–Crippen LogP) is 22.2. The van der Waals surface area contributed by atoms with Crippen LogP contribution in [0.15, 0.2) is 0 Å². The molecule has 564 valence electrons. The van der Waals surface area contributed by atoms with Crippen LogP contribution in [0.4, 0.5) is 0 Å². The van der Waals surface area contributed by atoms with E-state index in [1.165, 1.54) is 193 Å². The van der Waals surface area contributed by atoms with Crippen LogP contribution in [0.25, 0.3) is 0 Å². The summed E-state index contributed by atoms with van der Waals surface area (Å²) in [6.45, 7) is 11.9. The third-order valence-electron chi connectivity index (χ3n) is 18.0. The number of hydrogen-bond acceptors (Lipinski definition) is 15. The maximum absolute atomic E-state index is 13.1. The molecular formula is C76H148O17P2. The van der Waals surface area contributed by atoms with Crippen molar-refractivity contribution < 1.29 is 80.2 Å². The van der Waals surface area contributed by atoms with Gasteiger partial charge < -0.3 is 33.8 Å². The van der Waals surface area contributed by atoms with Crippen molar-refractivity contribution in [2.45, 2.75) is 407 Å². The second-order valence-corrected chi connectivity index (χ2v) is 31.5. The molecule has 19 heteroatoms. The van der Waals surface area contributed by atoms with Gasteiger partial charge in [-0.1, -0.05) is 337 Å². The molecule has 95 heavy (non-hydrogen) atoms. The summed E-state index contributed by atoms with van der Waals surface area (Å²) in [6.07, 6.45) is 52.6. The molecule has 0 aliphatic heterocycles. The highest BCUT2D eigenvalue weighted by Crippen LogP contribution is 2.45. The summed E-state index contributed by atoms with van der Waals surface area (Å²) in [7, 11) is -9.91. The molecule has 0 saturated heterocycles. The van der Waals surface area contributed by atoms with Gasteiger partial charge in [0.15, 0.2) is 12.2 Å². The maximum Gasteiger partial charge on any atom is 0.472 e. The van der Waals surface area contributed by atoms with Gasteiger partial charge in [0.25, 0.3) is 0 Å². The van der Waals surface area contributed by atoms with Gasteiger partial charge in [0.1, 0.15) is 19.3 Å². The smallest absolute Gasteiger partial charge is 0.462 e. The first-order chi connectivity index (χ1) is 45.8. The fraction of sp³-hybridized carbons (Fsp3) is 0.947. The summed E-state index contributed by atoms with van der Waals surface area (Å²) >= 11 is 0. The van der Waals surface area contributed by atoms with Crippen molar-refractivity contribution in [2.24, 2.45) is 17.8 Å². The first-order valence-corrected chi connectivity index (χ1v) is 42.4. The molecular weight excluding hydrogens is 1250 g/mol. The minimum Gasteiger partial charge on any atom is -0.462 e. The standard InChI is InChI=1S/C76H148O17P2/c1-8-10-11-12-13-14-15-16-20-25-31-36-45-52-59-76(81)93-72(64-87-74(79)58-51-44-39-38-42-49-56-69(7)9-2)66-91-95(84,85)89-62-70(77)61-88-94(82,83)90-65-71(63-86-73(78)57-50-43-35-30-27-22-24-29-34-41-48-55-68(5)6)92-75(80)60-53-46-37-32-26-21-18-17-19-23-28-33-40-47-54-67(3)4/h67-72,77H,8-66H2,1-7H3,(H,82,83)(H,84,85)/t69?,70-,71-,72-/m1/s1. The van der Waals surface area contributed by atoms with Gasteiger partial charge in [-0.2, -0.15) is 0 Å². The Balaban J connectivity index is 5.26.